The van der Waals surface area contributed by atoms with Crippen LogP contribution in [0.5, 0.6) is 11.5 Å². The highest BCUT2D eigenvalue weighted by molar-refractivity contribution is 7.86. The molecule has 28 heteroatoms. The van der Waals surface area contributed by atoms with Gasteiger partial charge in [-0.1, -0.05) is 30.7 Å². The largest absolute Gasteiger partial charge is 0.495 e. The third kappa shape index (κ3) is 18.7. The molecule has 0 amide bonds. The van der Waals surface area contributed by atoms with Crippen molar-refractivity contribution >= 4 is 90.6 Å². The van der Waals surface area contributed by atoms with Crippen molar-refractivity contribution in [3.8, 4) is 11.5 Å². The summed E-state index contributed by atoms with van der Waals surface area (Å²) in [5.41, 5.74) is 30.1. The average molecular weight is 1020 g/mol. The van der Waals surface area contributed by atoms with Crippen molar-refractivity contribution in [1.82, 2.24) is 0 Å². The van der Waals surface area contributed by atoms with Gasteiger partial charge in [0.25, 0.3) is 50.6 Å². The Balaban J connectivity index is 0.000000400. The van der Waals surface area contributed by atoms with Crippen molar-refractivity contribution in [1.29, 1.82) is 0 Å². The van der Waals surface area contributed by atoms with E-state index in [4.69, 9.17) is 72.5 Å². The van der Waals surface area contributed by atoms with Gasteiger partial charge < -0.3 is 38.1 Å². The molecule has 0 aliphatic carbocycles. The number of anilines is 5. The topological polar surface area (TPSA) is 420 Å². The Bertz CT molecular complexity index is 2830. The number of ether oxygens (including phenoxy) is 2. The molecule has 5 rings (SSSR count). The monoisotopic (exact) mass is 1020 g/mol. The Morgan fingerprint density at radius 3 is 1.11 bits per heavy atom. The van der Waals surface area contributed by atoms with Gasteiger partial charge in [-0.3, -0.25) is 22.8 Å². The third-order valence-corrected chi connectivity index (χ3v) is 12.3. The van der Waals surface area contributed by atoms with Gasteiger partial charge in [-0.25, -0.2) is 0 Å². The van der Waals surface area contributed by atoms with Gasteiger partial charge in [0.15, 0.2) is 0 Å². The van der Waals surface area contributed by atoms with Gasteiger partial charge in [0.1, 0.15) is 11.5 Å². The van der Waals surface area contributed by atoms with Gasteiger partial charge in [-0.2, -0.15) is 42.1 Å². The highest BCUT2D eigenvalue weighted by Gasteiger charge is 2.14. The van der Waals surface area contributed by atoms with Crippen LogP contribution >= 0.6 is 11.6 Å². The lowest BCUT2D eigenvalue weighted by Gasteiger charge is -2.07. The molecule has 0 saturated carbocycles. The van der Waals surface area contributed by atoms with Crippen molar-refractivity contribution < 1.29 is 74.3 Å². The normalized spacial score (nSPS) is 11.4. The van der Waals surface area contributed by atoms with Crippen molar-refractivity contribution in [2.75, 3.05) is 42.4 Å². The molecule has 0 atom stereocenters. The minimum atomic E-state index is -4.19. The molecule has 0 heterocycles. The quantitative estimate of drug-likeness (QED) is 0.0717. The fraction of sp³-hybridized carbons (Fsp3) is 0.167. The van der Waals surface area contributed by atoms with Crippen molar-refractivity contribution in [3.05, 3.63) is 107 Å². The van der Waals surface area contributed by atoms with E-state index in [2.05, 4.69) is 0 Å². The fourth-order valence-corrected chi connectivity index (χ4v) is 7.06. The number of hydrogen-bond acceptors (Lipinski definition) is 17. The second kappa shape index (κ2) is 23.5. The lowest BCUT2D eigenvalue weighted by Crippen LogP contribution is -2.01. The van der Waals surface area contributed by atoms with Crippen molar-refractivity contribution in [2.45, 2.75) is 51.7 Å². The van der Waals surface area contributed by atoms with Gasteiger partial charge >= 0.3 is 0 Å². The van der Waals surface area contributed by atoms with Gasteiger partial charge in [-0.05, 0) is 110 Å². The molecule has 0 fully saturated rings. The van der Waals surface area contributed by atoms with Crippen LogP contribution < -0.4 is 38.1 Å². The molecular formula is C36H46ClN5O17S5. The van der Waals surface area contributed by atoms with Crippen LogP contribution in [0.15, 0.2) is 115 Å². The summed E-state index contributed by atoms with van der Waals surface area (Å²) in [6, 6.07) is 19.4. The SMILES string of the molecule is CCOc1ccc(S(=O)(=O)O)cc1N.CCc1ccc(S(=O)(=O)O)cc1N.COc1ccc(S(=O)(=O)O)cc1N.Cc1ccc(S(=O)(=O)O)cc1N.Nc1cc(S(=O)(=O)O)ccc1Cl. The standard InChI is InChI=1S/C8H11NO4S.C8H11NO3S.C7H9NO4S.C7H9NO3S.C6H6ClNO3S/c1-2-13-8-4-3-6(5-7(8)9)14(10,11)12;1-2-6-3-4-7(5-8(6)9)13(10,11)12;1-12-7-3-2-5(4-6(7)8)13(9,10)11;1-5-2-3-6(4-7(5)8)12(9,10)11;7-5-2-1-4(3-6(5)8)12(9,10)11/h3-5H,2,9H2,1H3,(H,10,11,12);3-5H,2,9H2,1H3,(H,10,11,12);2-4H,8H2,1H3,(H,9,10,11);2-4H,8H2,1H3,(H,9,10,11);1-3H,8H2,(H,9,10,11). The average Bonchev–Trinajstić information content (AvgIpc) is 3.17. The molecule has 0 saturated heterocycles. The van der Waals surface area contributed by atoms with Crippen molar-refractivity contribution in [2.24, 2.45) is 0 Å². The molecule has 64 heavy (non-hydrogen) atoms. The second-order valence-corrected chi connectivity index (χ2v) is 19.8. The Labute approximate surface area is 375 Å². The van der Waals surface area contributed by atoms with Gasteiger partial charge in [0.2, 0.25) is 0 Å². The summed E-state index contributed by atoms with van der Waals surface area (Å²) in [6.07, 6.45) is 0.734. The van der Waals surface area contributed by atoms with Crippen LogP contribution in [0, 0.1) is 6.92 Å². The predicted octanol–water partition coefficient (Wildman–Crippen LogP) is 4.51. The number of hydrogen-bond donors (Lipinski definition) is 10. The summed E-state index contributed by atoms with van der Waals surface area (Å²) in [5.74, 6) is 0.771. The molecule has 0 spiro atoms. The Kier molecular flexibility index (Phi) is 20.7. The molecule has 0 aliphatic heterocycles. The lowest BCUT2D eigenvalue weighted by molar-refractivity contribution is 0.342. The first-order valence-corrected chi connectivity index (χ1v) is 24.9. The first kappa shape index (κ1) is 56.6. The third-order valence-electron chi connectivity index (χ3n) is 7.69. The number of rotatable bonds is 9. The molecule has 5 aromatic carbocycles. The van der Waals surface area contributed by atoms with Crippen LogP contribution in [0.4, 0.5) is 28.4 Å². The molecular weight excluding hydrogens is 970 g/mol. The Morgan fingerprint density at radius 2 is 0.797 bits per heavy atom. The molecule has 0 aliphatic rings. The van der Waals surface area contributed by atoms with Crippen LogP contribution in [0.25, 0.3) is 0 Å². The van der Waals surface area contributed by atoms with E-state index in [-0.39, 0.29) is 46.6 Å². The fourth-order valence-electron chi connectivity index (χ4n) is 4.36. The van der Waals surface area contributed by atoms with Crippen LogP contribution in [0.3, 0.4) is 0 Å². The lowest BCUT2D eigenvalue weighted by atomic mass is 10.1. The van der Waals surface area contributed by atoms with E-state index in [1.54, 1.807) is 26.0 Å². The van der Waals surface area contributed by atoms with Crippen LogP contribution in [-0.2, 0) is 57.0 Å². The summed E-state index contributed by atoms with van der Waals surface area (Å²) in [6.45, 7) is 5.90. The highest BCUT2D eigenvalue weighted by atomic mass is 35.5. The van der Waals surface area contributed by atoms with E-state index >= 15 is 0 Å². The second-order valence-electron chi connectivity index (χ2n) is 12.3. The molecule has 354 valence electrons. The number of nitrogen functional groups attached to an aromatic ring is 5. The zero-order valence-corrected chi connectivity index (χ0v) is 38.9. The van der Waals surface area contributed by atoms with E-state index in [1.807, 2.05) is 6.92 Å². The molecule has 0 bridgehead atoms. The minimum Gasteiger partial charge on any atom is -0.495 e. The van der Waals surface area contributed by atoms with Crippen LogP contribution in [-0.4, -0.2) is 78.6 Å². The molecule has 15 N–H and O–H groups in total. The van der Waals surface area contributed by atoms with Gasteiger partial charge in [0.05, 0.1) is 60.3 Å². The van der Waals surface area contributed by atoms with E-state index in [0.29, 0.717) is 29.5 Å². The van der Waals surface area contributed by atoms with E-state index in [0.717, 1.165) is 35.7 Å². The van der Waals surface area contributed by atoms with Crippen molar-refractivity contribution in [3.63, 3.8) is 0 Å². The maximum absolute atomic E-state index is 10.7. The molecule has 22 nitrogen and oxygen atoms in total. The summed E-state index contributed by atoms with van der Waals surface area (Å²) in [5, 5.41) is 0.252. The number of methoxy groups -OCH3 is 1. The van der Waals surface area contributed by atoms with Gasteiger partial charge in [0, 0.05) is 11.4 Å². The highest BCUT2D eigenvalue weighted by Crippen LogP contribution is 2.26. The summed E-state index contributed by atoms with van der Waals surface area (Å²) >= 11 is 5.53. The first-order chi connectivity index (χ1) is 29.2. The number of aryl methyl sites for hydroxylation is 2. The zero-order chi connectivity index (χ0) is 49.6. The summed E-state index contributed by atoms with van der Waals surface area (Å²) in [7, 11) is -19.4. The van der Waals surface area contributed by atoms with Gasteiger partial charge in [-0.15, -0.1) is 0 Å². The number of halogens is 1. The zero-order valence-electron chi connectivity index (χ0n) is 34.0. The van der Waals surface area contributed by atoms with Crippen LogP contribution in [0.2, 0.25) is 5.02 Å². The maximum Gasteiger partial charge on any atom is 0.294 e. The number of nitrogens with two attached hydrogens (primary N) is 5. The smallest absolute Gasteiger partial charge is 0.294 e. The van der Waals surface area contributed by atoms with E-state index < -0.39 is 50.6 Å². The Morgan fingerprint density at radius 1 is 0.469 bits per heavy atom. The molecule has 0 aromatic heterocycles. The predicted molar refractivity (Wildman–Crippen MR) is 240 cm³/mol. The first-order valence-electron chi connectivity index (χ1n) is 17.3. The number of benzene rings is 5. The molecule has 0 unspecified atom stereocenters. The molecule has 0 radical (unpaired) electrons. The Hall–Kier alpha value is -5.46. The van der Waals surface area contributed by atoms with E-state index in [1.165, 1.54) is 67.8 Å². The summed E-state index contributed by atoms with van der Waals surface area (Å²) < 4.78 is 160. The summed E-state index contributed by atoms with van der Waals surface area (Å²) in [4.78, 5) is -1.08. The molecule has 5 aromatic rings. The van der Waals surface area contributed by atoms with Crippen LogP contribution in [0.1, 0.15) is 25.0 Å². The van der Waals surface area contributed by atoms with E-state index in [9.17, 15) is 42.1 Å². The minimum absolute atomic E-state index is 0.117. The maximum atomic E-state index is 10.7.